The first-order valence-corrected chi connectivity index (χ1v) is 11.9. The minimum absolute atomic E-state index is 0.250. The van der Waals surface area contributed by atoms with E-state index in [1.807, 2.05) is 50.2 Å². The van der Waals surface area contributed by atoms with Gasteiger partial charge in [0.15, 0.2) is 5.11 Å². The molecule has 0 saturated carbocycles. The monoisotopic (exact) mass is 498 g/mol. The summed E-state index contributed by atoms with van der Waals surface area (Å²) in [5.41, 5.74) is 3.68. The van der Waals surface area contributed by atoms with Crippen molar-refractivity contribution < 1.29 is 14.0 Å². The zero-order valence-electron chi connectivity index (χ0n) is 19.4. The Morgan fingerprint density at radius 2 is 1.88 bits per heavy atom. The minimum Gasteiger partial charge on any atom is -0.494 e. The Morgan fingerprint density at radius 1 is 1.15 bits per heavy atom. The van der Waals surface area contributed by atoms with Crippen LogP contribution in [0.4, 0.5) is 0 Å². The van der Waals surface area contributed by atoms with Gasteiger partial charge in [0.1, 0.15) is 5.75 Å². The maximum atomic E-state index is 6.03. The summed E-state index contributed by atoms with van der Waals surface area (Å²) in [4.78, 5) is 6.78. The van der Waals surface area contributed by atoms with Crippen molar-refractivity contribution in [2.45, 2.75) is 26.3 Å². The molecule has 1 unspecified atom stereocenters. The van der Waals surface area contributed by atoms with E-state index < -0.39 is 0 Å². The van der Waals surface area contributed by atoms with Gasteiger partial charge in [0.05, 0.1) is 18.2 Å². The average Bonchev–Trinajstić information content (AvgIpc) is 3.32. The number of nitrogens with zero attached hydrogens (tertiary/aromatic N) is 3. The lowest BCUT2D eigenvalue weighted by Gasteiger charge is -2.37. The molecule has 1 aliphatic rings. The highest BCUT2D eigenvalue weighted by Gasteiger charge is 2.34. The van der Waals surface area contributed by atoms with Crippen LogP contribution in [0.25, 0.3) is 17.0 Å². The van der Waals surface area contributed by atoms with Crippen LogP contribution >= 0.6 is 23.8 Å². The molecule has 0 saturated heterocycles. The number of allylic oxidation sites excluding steroid dienone is 1. The molecule has 178 valence electrons. The summed E-state index contributed by atoms with van der Waals surface area (Å²) in [5, 5.41) is 9.00. The number of thiocarbonyl (C=S) groups is 1. The van der Waals surface area contributed by atoms with Crippen molar-refractivity contribution in [2.24, 2.45) is 0 Å². The first-order valence-electron chi connectivity index (χ1n) is 11.1. The van der Waals surface area contributed by atoms with Crippen molar-refractivity contribution in [3.05, 3.63) is 70.7 Å². The minimum atomic E-state index is -0.250. The second kappa shape index (κ2) is 11.0. The highest BCUT2D eigenvalue weighted by Crippen LogP contribution is 2.38. The van der Waals surface area contributed by atoms with E-state index in [0.717, 1.165) is 34.6 Å². The van der Waals surface area contributed by atoms with Crippen molar-refractivity contribution >= 4 is 34.5 Å². The molecule has 4 rings (SSSR count). The number of benzene rings is 2. The van der Waals surface area contributed by atoms with Crippen LogP contribution in [0.1, 0.15) is 37.8 Å². The predicted molar refractivity (Wildman–Crippen MR) is 137 cm³/mol. The van der Waals surface area contributed by atoms with Gasteiger partial charge in [0.2, 0.25) is 5.82 Å². The van der Waals surface area contributed by atoms with Gasteiger partial charge in [-0.25, -0.2) is 0 Å². The van der Waals surface area contributed by atoms with Crippen molar-refractivity contribution in [1.29, 1.82) is 0 Å². The normalized spacial score (nSPS) is 16.1. The molecule has 7 nitrogen and oxygen atoms in total. The summed E-state index contributed by atoms with van der Waals surface area (Å²) in [6, 6.07) is 15.0. The van der Waals surface area contributed by atoms with Crippen LogP contribution in [-0.4, -0.2) is 47.0 Å². The molecule has 3 aromatic rings. The summed E-state index contributed by atoms with van der Waals surface area (Å²) in [6.07, 6.45) is 0.830. The first-order chi connectivity index (χ1) is 16.5. The smallest absolute Gasteiger partial charge is 0.258 e. The van der Waals surface area contributed by atoms with Gasteiger partial charge >= 0.3 is 0 Å². The molecule has 0 radical (unpaired) electrons. The van der Waals surface area contributed by atoms with Gasteiger partial charge in [-0.05, 0) is 74.4 Å². The second-order valence-electron chi connectivity index (χ2n) is 7.81. The van der Waals surface area contributed by atoms with Crippen molar-refractivity contribution in [1.82, 2.24) is 20.4 Å². The Morgan fingerprint density at radius 3 is 2.56 bits per heavy atom. The van der Waals surface area contributed by atoms with Gasteiger partial charge in [-0.1, -0.05) is 28.9 Å². The third kappa shape index (κ3) is 5.24. The SMILES string of the molecule is CCOc1ccc(C2NC(=S)N(CCCOC)C(C)=C2c2nc(-c3ccc(Cl)cc3)no2)cc1. The predicted octanol–water partition coefficient (Wildman–Crippen LogP) is 5.49. The summed E-state index contributed by atoms with van der Waals surface area (Å²) in [6.45, 7) is 5.96. The van der Waals surface area contributed by atoms with Crippen molar-refractivity contribution in [3.63, 3.8) is 0 Å². The number of hydrogen-bond donors (Lipinski definition) is 1. The van der Waals surface area contributed by atoms with Gasteiger partial charge in [-0.2, -0.15) is 4.98 Å². The van der Waals surface area contributed by atoms with Crippen LogP contribution < -0.4 is 10.1 Å². The number of rotatable bonds is 9. The number of aromatic nitrogens is 2. The average molecular weight is 499 g/mol. The standard InChI is InChI=1S/C25H27ClN4O3S/c1-4-32-20-12-8-17(9-13-20)22-21(16(2)30(25(34)27-22)14-5-15-31-3)24-28-23(29-33-24)18-6-10-19(26)11-7-18/h6-13,22H,4-5,14-15H2,1-3H3,(H,27,34). The molecule has 2 heterocycles. The third-order valence-electron chi connectivity index (χ3n) is 5.61. The largest absolute Gasteiger partial charge is 0.494 e. The molecule has 2 aromatic carbocycles. The molecule has 34 heavy (non-hydrogen) atoms. The molecule has 0 aliphatic carbocycles. The summed E-state index contributed by atoms with van der Waals surface area (Å²) < 4.78 is 16.6. The van der Waals surface area contributed by atoms with E-state index in [9.17, 15) is 0 Å². The lowest BCUT2D eigenvalue weighted by atomic mass is 9.94. The zero-order valence-corrected chi connectivity index (χ0v) is 20.9. The van der Waals surface area contributed by atoms with Gasteiger partial charge in [-0.15, -0.1) is 0 Å². The van der Waals surface area contributed by atoms with E-state index >= 15 is 0 Å². The van der Waals surface area contributed by atoms with Crippen LogP contribution in [0, 0.1) is 0 Å². The Bertz CT molecular complexity index is 1160. The fourth-order valence-corrected chi connectivity index (χ4v) is 4.39. The highest BCUT2D eigenvalue weighted by atomic mass is 35.5. The molecule has 0 amide bonds. The fraction of sp³-hybridized carbons (Fsp3) is 0.320. The molecular formula is C25H27ClN4O3S. The maximum Gasteiger partial charge on any atom is 0.258 e. The number of ether oxygens (including phenoxy) is 2. The molecule has 9 heteroatoms. The third-order valence-corrected chi connectivity index (χ3v) is 6.20. The van der Waals surface area contributed by atoms with E-state index in [-0.39, 0.29) is 6.04 Å². The van der Waals surface area contributed by atoms with Crippen molar-refractivity contribution in [3.8, 4) is 17.1 Å². The molecule has 0 spiro atoms. The Labute approximate surface area is 209 Å². The molecule has 1 atom stereocenters. The Kier molecular flexibility index (Phi) is 7.82. The molecular weight excluding hydrogens is 472 g/mol. The first kappa shape index (κ1) is 24.2. The highest BCUT2D eigenvalue weighted by molar-refractivity contribution is 7.80. The van der Waals surface area contributed by atoms with E-state index in [1.54, 1.807) is 19.2 Å². The Balaban J connectivity index is 1.74. The van der Waals surface area contributed by atoms with Crippen LogP contribution in [0.5, 0.6) is 5.75 Å². The van der Waals surface area contributed by atoms with Crippen molar-refractivity contribution in [2.75, 3.05) is 26.9 Å². The lowest BCUT2D eigenvalue weighted by Crippen LogP contribution is -2.46. The quantitative estimate of drug-likeness (QED) is 0.307. The molecule has 1 aliphatic heterocycles. The topological polar surface area (TPSA) is 72.7 Å². The van der Waals surface area contributed by atoms with Gasteiger partial charge in [0, 0.05) is 36.5 Å². The van der Waals surface area contributed by atoms with Gasteiger partial charge in [-0.3, -0.25) is 0 Å². The van der Waals surface area contributed by atoms with E-state index in [2.05, 4.69) is 15.4 Å². The molecule has 1 N–H and O–H groups in total. The van der Waals surface area contributed by atoms with Gasteiger partial charge < -0.3 is 24.2 Å². The van der Waals surface area contributed by atoms with Crippen LogP contribution in [-0.2, 0) is 4.74 Å². The number of nitrogens with one attached hydrogen (secondary N) is 1. The Hall–Kier alpha value is -2.94. The molecule has 0 bridgehead atoms. The summed E-state index contributed by atoms with van der Waals surface area (Å²) in [7, 11) is 1.69. The summed E-state index contributed by atoms with van der Waals surface area (Å²) >= 11 is 11.8. The molecule has 0 fully saturated rings. The number of halogens is 1. The molecule has 1 aromatic heterocycles. The van der Waals surface area contributed by atoms with Crippen LogP contribution in [0.2, 0.25) is 5.02 Å². The maximum absolute atomic E-state index is 6.03. The zero-order chi connectivity index (χ0) is 24.1. The van der Waals surface area contributed by atoms with E-state index in [0.29, 0.717) is 41.6 Å². The van der Waals surface area contributed by atoms with Gasteiger partial charge in [0.25, 0.3) is 5.89 Å². The van der Waals surface area contributed by atoms with Crippen LogP contribution in [0.15, 0.2) is 58.8 Å². The summed E-state index contributed by atoms with van der Waals surface area (Å²) in [5.74, 6) is 1.75. The van der Waals surface area contributed by atoms with E-state index in [1.165, 1.54) is 0 Å². The second-order valence-corrected chi connectivity index (χ2v) is 8.63. The lowest BCUT2D eigenvalue weighted by molar-refractivity contribution is 0.188. The number of methoxy groups -OCH3 is 1. The van der Waals surface area contributed by atoms with E-state index in [4.69, 9.17) is 42.8 Å². The van der Waals surface area contributed by atoms with Crippen LogP contribution in [0.3, 0.4) is 0 Å². The number of hydrogen-bond acceptors (Lipinski definition) is 6. The fourth-order valence-electron chi connectivity index (χ4n) is 3.92.